The number of carbonyl (C=O) groups excluding carboxylic acids is 2. The normalized spacial score (nSPS) is 11.6. The monoisotopic (exact) mass is 358 g/mol. The van der Waals surface area contributed by atoms with E-state index < -0.39 is 8.07 Å². The average molecular weight is 359 g/mol. The van der Waals surface area contributed by atoms with E-state index in [1.54, 1.807) is 6.92 Å². The fraction of sp³-hybridized carbons (Fsp3) is 0.400. The zero-order valence-corrected chi connectivity index (χ0v) is 16.8. The predicted molar refractivity (Wildman–Crippen MR) is 103 cm³/mol. The molecule has 25 heavy (non-hydrogen) atoms. The summed E-state index contributed by atoms with van der Waals surface area (Å²) in [7, 11) is -1.91. The van der Waals surface area contributed by atoms with Gasteiger partial charge in [0.2, 0.25) is 0 Å². The van der Waals surface area contributed by atoms with E-state index in [2.05, 4.69) is 19.6 Å². The van der Waals surface area contributed by atoms with E-state index in [9.17, 15) is 9.59 Å². The third-order valence-corrected chi connectivity index (χ3v) is 5.91. The summed E-state index contributed by atoms with van der Waals surface area (Å²) in [6.07, 6.45) is -0.202. The first-order valence-electron chi connectivity index (χ1n) is 8.61. The van der Waals surface area contributed by atoms with Crippen molar-refractivity contribution < 1.29 is 19.1 Å². The lowest BCUT2D eigenvalue weighted by molar-refractivity contribution is 0.0379. The lowest BCUT2D eigenvalue weighted by Gasteiger charge is -2.23. The number of esters is 2. The summed E-state index contributed by atoms with van der Waals surface area (Å²) < 4.78 is 10.7. The second kappa shape index (κ2) is 7.40. The van der Waals surface area contributed by atoms with Crippen LogP contribution in [-0.2, 0) is 9.47 Å². The molecule has 0 N–H and O–H groups in total. The topological polar surface area (TPSA) is 52.6 Å². The fourth-order valence-corrected chi connectivity index (χ4v) is 4.40. The van der Waals surface area contributed by atoms with Crippen molar-refractivity contribution in [1.82, 2.24) is 0 Å². The maximum Gasteiger partial charge on any atom is 0.339 e. The summed E-state index contributed by atoms with van der Waals surface area (Å²) in [4.78, 5) is 25.3. The molecule has 2 aromatic carbocycles. The number of carbonyl (C=O) groups is 2. The Kier molecular flexibility index (Phi) is 5.68. The SMILES string of the molecule is CCOC(=O)c1c([Si](C)(C)C)cc(C(=O)OC(C)C)c2ccccc12. The summed E-state index contributed by atoms with van der Waals surface area (Å²) in [5.41, 5.74) is 1.09. The van der Waals surface area contributed by atoms with Gasteiger partial charge in [-0.3, -0.25) is 0 Å². The number of ether oxygens (including phenoxy) is 2. The minimum absolute atomic E-state index is 0.202. The Morgan fingerprint density at radius 3 is 2.16 bits per heavy atom. The molecule has 0 aromatic heterocycles. The Hall–Kier alpha value is -2.14. The molecule has 0 amide bonds. The van der Waals surface area contributed by atoms with Gasteiger partial charge in [0.25, 0.3) is 0 Å². The molecule has 0 heterocycles. The summed E-state index contributed by atoms with van der Waals surface area (Å²) in [5.74, 6) is -0.694. The van der Waals surface area contributed by atoms with Gasteiger partial charge in [0.05, 0.1) is 31.9 Å². The van der Waals surface area contributed by atoms with Crippen LogP contribution in [0.3, 0.4) is 0 Å². The van der Waals surface area contributed by atoms with E-state index in [1.807, 2.05) is 44.2 Å². The molecule has 0 aliphatic heterocycles. The van der Waals surface area contributed by atoms with Gasteiger partial charge in [0.15, 0.2) is 0 Å². The second-order valence-electron chi connectivity index (χ2n) is 7.32. The van der Waals surface area contributed by atoms with Gasteiger partial charge in [-0.2, -0.15) is 0 Å². The van der Waals surface area contributed by atoms with Crippen molar-refractivity contribution in [3.05, 3.63) is 41.5 Å². The van der Waals surface area contributed by atoms with Crippen LogP contribution >= 0.6 is 0 Å². The molecule has 0 aliphatic carbocycles. The molecule has 0 unspecified atom stereocenters. The first-order chi connectivity index (χ1) is 11.7. The Morgan fingerprint density at radius 1 is 1.04 bits per heavy atom. The predicted octanol–water partition coefficient (Wildman–Crippen LogP) is 4.13. The minimum Gasteiger partial charge on any atom is -0.462 e. The van der Waals surface area contributed by atoms with Gasteiger partial charge in [-0.25, -0.2) is 9.59 Å². The standard InChI is InChI=1S/C20H26O4Si/c1-7-23-20(22)18-15-11-9-8-10-14(15)16(19(21)24-13(2)3)12-17(18)25(4,5)6/h8-13H,7H2,1-6H3. The van der Waals surface area contributed by atoms with Crippen LogP contribution in [0.2, 0.25) is 19.6 Å². The molecule has 134 valence electrons. The quantitative estimate of drug-likeness (QED) is 0.596. The lowest BCUT2D eigenvalue weighted by Crippen LogP contribution is -2.42. The third kappa shape index (κ3) is 4.10. The van der Waals surface area contributed by atoms with Gasteiger partial charge < -0.3 is 9.47 Å². The Labute approximate surface area is 150 Å². The maximum absolute atomic E-state index is 12.7. The summed E-state index contributed by atoms with van der Waals surface area (Å²) in [5, 5.41) is 2.38. The first kappa shape index (κ1) is 19.2. The number of hydrogen-bond donors (Lipinski definition) is 0. The van der Waals surface area contributed by atoms with Gasteiger partial charge in [-0.15, -0.1) is 0 Å². The Bertz CT molecular complexity index is 803. The highest BCUT2D eigenvalue weighted by Gasteiger charge is 2.29. The highest BCUT2D eigenvalue weighted by Crippen LogP contribution is 2.26. The van der Waals surface area contributed by atoms with Gasteiger partial charge in [-0.1, -0.05) is 43.9 Å². The van der Waals surface area contributed by atoms with Crippen molar-refractivity contribution in [3.63, 3.8) is 0 Å². The molecule has 2 aromatic rings. The van der Waals surface area contributed by atoms with Crippen molar-refractivity contribution in [1.29, 1.82) is 0 Å². The van der Waals surface area contributed by atoms with Gasteiger partial charge in [0, 0.05) is 0 Å². The molecule has 0 radical (unpaired) electrons. The average Bonchev–Trinajstić information content (AvgIpc) is 2.51. The Morgan fingerprint density at radius 2 is 1.64 bits per heavy atom. The Balaban J connectivity index is 2.84. The van der Waals surface area contributed by atoms with E-state index in [1.165, 1.54) is 0 Å². The summed E-state index contributed by atoms with van der Waals surface area (Å²) in [6.45, 7) is 12.2. The molecule has 0 bridgehead atoms. The van der Waals surface area contributed by atoms with Crippen LogP contribution in [-0.4, -0.2) is 32.7 Å². The lowest BCUT2D eigenvalue weighted by atomic mass is 9.99. The molecule has 0 aliphatic rings. The van der Waals surface area contributed by atoms with Gasteiger partial charge in [-0.05, 0) is 42.8 Å². The summed E-state index contributed by atoms with van der Waals surface area (Å²) in [6, 6.07) is 9.29. The van der Waals surface area contributed by atoms with E-state index in [4.69, 9.17) is 9.47 Å². The van der Waals surface area contributed by atoms with Crippen molar-refractivity contribution in [2.45, 2.75) is 46.5 Å². The van der Waals surface area contributed by atoms with E-state index in [0.29, 0.717) is 17.7 Å². The third-order valence-electron chi connectivity index (χ3n) is 3.89. The van der Waals surface area contributed by atoms with Crippen LogP contribution in [0.1, 0.15) is 41.5 Å². The molecule has 0 spiro atoms. The molecule has 5 heteroatoms. The number of rotatable bonds is 5. The smallest absolute Gasteiger partial charge is 0.339 e. The molecule has 0 saturated heterocycles. The molecule has 0 saturated carbocycles. The minimum atomic E-state index is -1.91. The van der Waals surface area contributed by atoms with E-state index in [-0.39, 0.29) is 18.0 Å². The highest BCUT2D eigenvalue weighted by atomic mass is 28.3. The number of hydrogen-bond acceptors (Lipinski definition) is 4. The van der Waals surface area contributed by atoms with Crippen molar-refractivity contribution in [3.8, 4) is 0 Å². The first-order valence-corrected chi connectivity index (χ1v) is 12.1. The molecule has 0 atom stereocenters. The van der Waals surface area contributed by atoms with Crippen LogP contribution in [0.25, 0.3) is 10.8 Å². The van der Waals surface area contributed by atoms with Crippen LogP contribution in [0.5, 0.6) is 0 Å². The molecular weight excluding hydrogens is 332 g/mol. The van der Waals surface area contributed by atoms with Gasteiger partial charge in [0.1, 0.15) is 0 Å². The fourth-order valence-electron chi connectivity index (χ4n) is 2.84. The number of fused-ring (bicyclic) bond motifs is 1. The molecule has 2 rings (SSSR count). The zero-order chi connectivity index (χ0) is 18.8. The van der Waals surface area contributed by atoms with Crippen LogP contribution in [0, 0.1) is 0 Å². The molecular formula is C20H26O4Si. The number of benzene rings is 2. The zero-order valence-electron chi connectivity index (χ0n) is 15.8. The summed E-state index contributed by atoms with van der Waals surface area (Å²) >= 11 is 0. The largest absolute Gasteiger partial charge is 0.462 e. The molecule has 4 nitrogen and oxygen atoms in total. The van der Waals surface area contributed by atoms with E-state index in [0.717, 1.165) is 16.0 Å². The van der Waals surface area contributed by atoms with Crippen molar-refractivity contribution >= 4 is 36.0 Å². The van der Waals surface area contributed by atoms with Crippen molar-refractivity contribution in [2.24, 2.45) is 0 Å². The van der Waals surface area contributed by atoms with Crippen LogP contribution in [0.15, 0.2) is 30.3 Å². The molecule has 0 fully saturated rings. The van der Waals surface area contributed by atoms with Crippen LogP contribution in [0.4, 0.5) is 0 Å². The second-order valence-corrected chi connectivity index (χ2v) is 12.4. The van der Waals surface area contributed by atoms with E-state index >= 15 is 0 Å². The maximum atomic E-state index is 12.7. The van der Waals surface area contributed by atoms with Gasteiger partial charge >= 0.3 is 11.9 Å². The van der Waals surface area contributed by atoms with Crippen molar-refractivity contribution in [2.75, 3.05) is 6.61 Å². The highest BCUT2D eigenvalue weighted by molar-refractivity contribution is 6.89. The van der Waals surface area contributed by atoms with Crippen LogP contribution < -0.4 is 5.19 Å².